The van der Waals surface area contributed by atoms with Crippen LogP contribution in [0.2, 0.25) is 0 Å². The fourth-order valence-corrected chi connectivity index (χ4v) is 3.72. The maximum absolute atomic E-state index is 11.5. The van der Waals surface area contributed by atoms with E-state index in [1.54, 1.807) is 0 Å². The van der Waals surface area contributed by atoms with E-state index in [1.807, 2.05) is 0 Å². The van der Waals surface area contributed by atoms with Crippen molar-refractivity contribution in [3.05, 3.63) is 31.4 Å². The van der Waals surface area contributed by atoms with Gasteiger partial charge in [0.2, 0.25) is 0 Å². The molecule has 0 N–H and O–H groups in total. The molecule has 2 aromatic rings. The first-order valence-corrected chi connectivity index (χ1v) is 9.28. The van der Waals surface area contributed by atoms with Gasteiger partial charge in [0.05, 0.1) is 32.7 Å². The quantitative estimate of drug-likeness (QED) is 0.328. The summed E-state index contributed by atoms with van der Waals surface area (Å²) in [5.41, 5.74) is 0.520. The average Bonchev–Trinajstić information content (AvgIpc) is 3.04. The standard InChI is InChI=1S/C16H22N4O4S/c1-3-4-5-6-7-8-9-10-12-14-13(17-25-18-14)11(2)15(19(21)22)16(12)20(23)24/h3-10H2,1-2H3. The molecular weight excluding hydrogens is 344 g/mol. The van der Waals surface area contributed by atoms with E-state index in [0.29, 0.717) is 23.0 Å². The van der Waals surface area contributed by atoms with Crippen molar-refractivity contribution >= 4 is 34.1 Å². The summed E-state index contributed by atoms with van der Waals surface area (Å²) in [5, 5.41) is 22.9. The lowest BCUT2D eigenvalue weighted by Gasteiger charge is -2.07. The fourth-order valence-electron chi connectivity index (χ4n) is 3.09. The molecule has 0 spiro atoms. The molecule has 1 heterocycles. The topological polar surface area (TPSA) is 112 Å². The highest BCUT2D eigenvalue weighted by Crippen LogP contribution is 2.40. The number of nitro benzene ring substituents is 2. The minimum atomic E-state index is -0.680. The van der Waals surface area contributed by atoms with Gasteiger partial charge in [0, 0.05) is 0 Å². The summed E-state index contributed by atoms with van der Waals surface area (Å²) >= 11 is 0.930. The molecule has 0 saturated heterocycles. The van der Waals surface area contributed by atoms with Gasteiger partial charge in [-0.1, -0.05) is 45.4 Å². The second-order valence-electron chi connectivity index (χ2n) is 6.15. The Morgan fingerprint density at radius 1 is 0.880 bits per heavy atom. The van der Waals surface area contributed by atoms with Crippen LogP contribution in [0.25, 0.3) is 11.0 Å². The van der Waals surface area contributed by atoms with Crippen LogP contribution in [0.3, 0.4) is 0 Å². The Kier molecular flexibility index (Phi) is 6.74. The van der Waals surface area contributed by atoms with E-state index in [4.69, 9.17) is 0 Å². The van der Waals surface area contributed by atoms with E-state index in [9.17, 15) is 20.2 Å². The molecule has 0 amide bonds. The van der Waals surface area contributed by atoms with Crippen molar-refractivity contribution in [2.24, 2.45) is 0 Å². The first kappa shape index (κ1) is 19.2. The van der Waals surface area contributed by atoms with Crippen LogP contribution in [0.1, 0.15) is 63.0 Å². The second kappa shape index (κ2) is 8.80. The van der Waals surface area contributed by atoms with Crippen LogP contribution in [0.5, 0.6) is 0 Å². The zero-order valence-electron chi connectivity index (χ0n) is 14.5. The molecule has 25 heavy (non-hydrogen) atoms. The van der Waals surface area contributed by atoms with Gasteiger partial charge in [-0.25, -0.2) is 0 Å². The van der Waals surface area contributed by atoms with E-state index in [2.05, 4.69) is 15.7 Å². The molecule has 0 aliphatic heterocycles. The second-order valence-corrected chi connectivity index (χ2v) is 6.68. The molecule has 9 heteroatoms. The Labute approximate surface area is 149 Å². The number of rotatable bonds is 10. The summed E-state index contributed by atoms with van der Waals surface area (Å²) in [5.74, 6) is 0. The lowest BCUT2D eigenvalue weighted by Crippen LogP contribution is -2.05. The third-order valence-corrected chi connectivity index (χ3v) is 4.92. The lowest BCUT2D eigenvalue weighted by atomic mass is 9.98. The molecule has 0 unspecified atom stereocenters. The number of hydrogen-bond acceptors (Lipinski definition) is 7. The molecule has 0 radical (unpaired) electrons. The SMILES string of the molecule is CCCCCCCCCc1c([N+](=O)[O-])c([N+](=O)[O-])c(C)c2nsnc12. The Morgan fingerprint density at radius 2 is 1.44 bits per heavy atom. The number of aryl methyl sites for hydroxylation is 2. The maximum Gasteiger partial charge on any atom is 0.351 e. The highest BCUT2D eigenvalue weighted by molar-refractivity contribution is 7.00. The molecule has 8 nitrogen and oxygen atoms in total. The van der Waals surface area contributed by atoms with Crippen molar-refractivity contribution in [3.8, 4) is 0 Å². The van der Waals surface area contributed by atoms with Gasteiger partial charge in [0.15, 0.2) is 0 Å². The largest absolute Gasteiger partial charge is 0.351 e. The molecule has 0 atom stereocenters. The molecule has 1 aromatic heterocycles. The minimum absolute atomic E-state index is 0.212. The lowest BCUT2D eigenvalue weighted by molar-refractivity contribution is -0.423. The Hall–Kier alpha value is -2.16. The molecule has 136 valence electrons. The van der Waals surface area contributed by atoms with Gasteiger partial charge in [-0.05, 0) is 19.8 Å². The monoisotopic (exact) mass is 366 g/mol. The van der Waals surface area contributed by atoms with Crippen LogP contribution < -0.4 is 0 Å². The van der Waals surface area contributed by atoms with E-state index in [0.717, 1.165) is 37.4 Å². The number of benzene rings is 1. The first-order valence-electron chi connectivity index (χ1n) is 8.55. The molecule has 0 bridgehead atoms. The average molecular weight is 366 g/mol. The summed E-state index contributed by atoms with van der Waals surface area (Å²) in [6.07, 6.45) is 7.94. The van der Waals surface area contributed by atoms with Gasteiger partial charge in [0.25, 0.3) is 0 Å². The summed E-state index contributed by atoms with van der Waals surface area (Å²) in [4.78, 5) is 21.6. The number of hydrogen-bond donors (Lipinski definition) is 0. The van der Waals surface area contributed by atoms with Gasteiger partial charge in [-0.2, -0.15) is 8.75 Å². The Morgan fingerprint density at radius 3 is 2.04 bits per heavy atom. The Bertz CT molecular complexity index is 775. The zero-order valence-corrected chi connectivity index (χ0v) is 15.3. The summed E-state index contributed by atoms with van der Waals surface area (Å²) in [7, 11) is 0. The van der Waals surface area contributed by atoms with E-state index in [1.165, 1.54) is 26.2 Å². The van der Waals surface area contributed by atoms with E-state index < -0.39 is 21.2 Å². The van der Waals surface area contributed by atoms with Crippen molar-refractivity contribution in [2.45, 2.75) is 65.2 Å². The first-order chi connectivity index (χ1) is 12.0. The Balaban J connectivity index is 2.27. The highest BCUT2D eigenvalue weighted by Gasteiger charge is 2.35. The van der Waals surface area contributed by atoms with Crippen molar-refractivity contribution in [2.75, 3.05) is 0 Å². The molecule has 1 aromatic carbocycles. The van der Waals surface area contributed by atoms with Crippen molar-refractivity contribution in [1.82, 2.24) is 8.75 Å². The molecule has 0 fully saturated rings. The van der Waals surface area contributed by atoms with Gasteiger partial charge >= 0.3 is 11.4 Å². The van der Waals surface area contributed by atoms with Crippen molar-refractivity contribution in [3.63, 3.8) is 0 Å². The summed E-state index contributed by atoms with van der Waals surface area (Å²) in [6.45, 7) is 3.66. The number of nitrogens with zero attached hydrogens (tertiary/aromatic N) is 4. The zero-order chi connectivity index (χ0) is 18.4. The van der Waals surface area contributed by atoms with Gasteiger partial charge in [-0.3, -0.25) is 20.2 Å². The van der Waals surface area contributed by atoms with Crippen LogP contribution in [-0.4, -0.2) is 18.6 Å². The third kappa shape index (κ3) is 4.28. The fraction of sp³-hybridized carbons (Fsp3) is 0.625. The number of aromatic nitrogens is 2. The van der Waals surface area contributed by atoms with Gasteiger partial charge < -0.3 is 0 Å². The molecule has 0 aliphatic rings. The highest BCUT2D eigenvalue weighted by atomic mass is 32.1. The molecular formula is C16H22N4O4S. The number of nitro groups is 2. The predicted molar refractivity (Wildman–Crippen MR) is 97.2 cm³/mol. The van der Waals surface area contributed by atoms with Crippen LogP contribution in [0.4, 0.5) is 11.4 Å². The van der Waals surface area contributed by atoms with Crippen molar-refractivity contribution < 1.29 is 9.85 Å². The van der Waals surface area contributed by atoms with E-state index >= 15 is 0 Å². The smallest absolute Gasteiger partial charge is 0.258 e. The molecule has 0 saturated carbocycles. The van der Waals surface area contributed by atoms with Crippen LogP contribution in [0.15, 0.2) is 0 Å². The molecule has 0 aliphatic carbocycles. The number of fused-ring (bicyclic) bond motifs is 1. The predicted octanol–water partition coefficient (Wildman–Crippen LogP) is 5.11. The van der Waals surface area contributed by atoms with E-state index in [-0.39, 0.29) is 5.56 Å². The number of unbranched alkanes of at least 4 members (excludes halogenated alkanes) is 6. The van der Waals surface area contributed by atoms with Gasteiger partial charge in [0.1, 0.15) is 11.0 Å². The third-order valence-electron chi connectivity index (χ3n) is 4.39. The van der Waals surface area contributed by atoms with Crippen LogP contribution in [0, 0.1) is 27.2 Å². The van der Waals surface area contributed by atoms with Crippen LogP contribution >= 0.6 is 11.7 Å². The molecule has 2 rings (SSSR count). The maximum atomic E-state index is 11.5. The van der Waals surface area contributed by atoms with Crippen LogP contribution in [-0.2, 0) is 6.42 Å². The normalized spacial score (nSPS) is 11.1. The minimum Gasteiger partial charge on any atom is -0.258 e. The summed E-state index contributed by atoms with van der Waals surface area (Å²) < 4.78 is 8.27. The van der Waals surface area contributed by atoms with Gasteiger partial charge in [-0.15, -0.1) is 0 Å². The van der Waals surface area contributed by atoms with Crippen molar-refractivity contribution in [1.29, 1.82) is 0 Å². The summed E-state index contributed by atoms with van der Waals surface area (Å²) in [6, 6.07) is 0.